The van der Waals surface area contributed by atoms with Crippen molar-refractivity contribution in [3.63, 3.8) is 0 Å². The minimum Gasteiger partial charge on any atom is -0.377 e. The fraction of sp³-hybridized carbons (Fsp3) is 0.714. The van der Waals surface area contributed by atoms with Crippen molar-refractivity contribution in [2.24, 2.45) is 0 Å². The first-order valence-electron chi connectivity index (χ1n) is 7.32. The highest BCUT2D eigenvalue weighted by molar-refractivity contribution is 7.89. The van der Waals surface area contributed by atoms with Gasteiger partial charge in [-0.25, -0.2) is 8.42 Å². The molecule has 0 radical (unpaired) electrons. The Bertz CT molecular complexity index is 543. The van der Waals surface area contributed by atoms with Crippen molar-refractivity contribution in [2.45, 2.75) is 49.6 Å². The first kappa shape index (κ1) is 16.8. The Balaban J connectivity index is 2.14. The number of nitrogens with zero attached hydrogens (tertiary/aromatic N) is 2. The normalized spacial score (nSPS) is 20.1. The molecule has 1 fully saturated rings. The summed E-state index contributed by atoms with van der Waals surface area (Å²) in [4.78, 5) is 0.304. The van der Waals surface area contributed by atoms with Gasteiger partial charge in [0.2, 0.25) is 10.0 Å². The summed E-state index contributed by atoms with van der Waals surface area (Å²) in [7, 11) is -1.88. The number of likely N-dealkylation sites (N-methyl/N-ethyl adjacent to an activating group) is 1. The molecule has 0 amide bonds. The van der Waals surface area contributed by atoms with E-state index in [1.165, 1.54) is 4.31 Å². The molecule has 1 aromatic rings. The molecule has 1 saturated heterocycles. The molecule has 5 nitrogen and oxygen atoms in total. The third-order valence-corrected chi connectivity index (χ3v) is 5.94. The number of aryl methyl sites for hydroxylation is 1. The lowest BCUT2D eigenvalue weighted by molar-refractivity contribution is 0.00858. The Morgan fingerprint density at radius 2 is 2.24 bits per heavy atom. The summed E-state index contributed by atoms with van der Waals surface area (Å²) < 4.78 is 34.1. The van der Waals surface area contributed by atoms with Crippen LogP contribution in [0.15, 0.2) is 17.2 Å². The van der Waals surface area contributed by atoms with Crippen LogP contribution < -0.4 is 0 Å². The van der Waals surface area contributed by atoms with E-state index in [9.17, 15) is 8.42 Å². The maximum absolute atomic E-state index is 12.6. The van der Waals surface area contributed by atoms with Crippen molar-refractivity contribution in [2.75, 3.05) is 20.2 Å². The molecule has 0 bridgehead atoms. The summed E-state index contributed by atoms with van der Waals surface area (Å²) >= 11 is 5.86. The van der Waals surface area contributed by atoms with Crippen molar-refractivity contribution < 1.29 is 13.2 Å². The second-order valence-electron chi connectivity index (χ2n) is 5.36. The average Bonchev–Trinajstić information content (AvgIpc) is 2.92. The number of ether oxygens (including phenoxy) is 1. The van der Waals surface area contributed by atoms with Gasteiger partial charge in [-0.05, 0) is 32.3 Å². The zero-order chi connectivity index (χ0) is 15.5. The number of aromatic nitrogens is 1. The van der Waals surface area contributed by atoms with E-state index in [1.807, 2.05) is 11.5 Å². The zero-order valence-electron chi connectivity index (χ0n) is 12.6. The molecule has 2 heterocycles. The predicted octanol–water partition coefficient (Wildman–Crippen LogP) is 2.44. The number of sulfonamides is 1. The van der Waals surface area contributed by atoms with Gasteiger partial charge in [0.05, 0.1) is 12.0 Å². The number of halogens is 1. The first-order chi connectivity index (χ1) is 9.98. The highest BCUT2D eigenvalue weighted by Gasteiger charge is 2.26. The van der Waals surface area contributed by atoms with Crippen molar-refractivity contribution in [1.82, 2.24) is 8.87 Å². The molecule has 21 heavy (non-hydrogen) atoms. The number of rotatable bonds is 6. The van der Waals surface area contributed by atoms with Gasteiger partial charge in [-0.2, -0.15) is 4.31 Å². The number of hydrogen-bond donors (Lipinski definition) is 0. The molecule has 0 saturated carbocycles. The quantitative estimate of drug-likeness (QED) is 0.751. The third kappa shape index (κ3) is 3.80. The monoisotopic (exact) mass is 334 g/mol. The van der Waals surface area contributed by atoms with Gasteiger partial charge in [0, 0.05) is 38.6 Å². The van der Waals surface area contributed by atoms with Crippen LogP contribution in [0.1, 0.15) is 31.9 Å². The minimum absolute atomic E-state index is 0.000664. The Morgan fingerprint density at radius 1 is 1.48 bits per heavy atom. The van der Waals surface area contributed by atoms with E-state index < -0.39 is 10.0 Å². The molecule has 1 unspecified atom stereocenters. The highest BCUT2D eigenvalue weighted by atomic mass is 35.5. The first-order valence-corrected chi connectivity index (χ1v) is 9.29. The second kappa shape index (κ2) is 7.13. The van der Waals surface area contributed by atoms with Crippen LogP contribution in [0, 0.1) is 0 Å². The van der Waals surface area contributed by atoms with Gasteiger partial charge in [-0.1, -0.05) is 0 Å². The molecule has 0 aromatic carbocycles. The average molecular weight is 335 g/mol. The van der Waals surface area contributed by atoms with Gasteiger partial charge in [0.15, 0.2) is 0 Å². The molecular formula is C14H23ClN2O3S. The minimum atomic E-state index is -3.49. The van der Waals surface area contributed by atoms with Crippen molar-refractivity contribution in [3.8, 4) is 0 Å². The SMILES string of the molecule is CCn1cc(S(=O)(=O)N(C)CC2CCCCO2)cc1CCl. The molecule has 0 spiro atoms. The largest absolute Gasteiger partial charge is 0.377 e. The van der Waals surface area contributed by atoms with Crippen LogP contribution in [0.2, 0.25) is 0 Å². The molecule has 120 valence electrons. The topological polar surface area (TPSA) is 51.5 Å². The van der Waals surface area contributed by atoms with Gasteiger partial charge in [0.1, 0.15) is 4.90 Å². The van der Waals surface area contributed by atoms with Crippen LogP contribution in [0.4, 0.5) is 0 Å². The van der Waals surface area contributed by atoms with Crippen LogP contribution in [0.25, 0.3) is 0 Å². The van der Waals surface area contributed by atoms with Crippen molar-refractivity contribution in [3.05, 3.63) is 18.0 Å². The Labute approximate surface area is 131 Å². The van der Waals surface area contributed by atoms with Crippen LogP contribution in [-0.4, -0.2) is 43.6 Å². The second-order valence-corrected chi connectivity index (χ2v) is 7.67. The smallest absolute Gasteiger partial charge is 0.244 e. The van der Waals surface area contributed by atoms with Gasteiger partial charge in [0.25, 0.3) is 0 Å². The Kier molecular flexibility index (Phi) is 5.71. The van der Waals surface area contributed by atoms with Gasteiger partial charge < -0.3 is 9.30 Å². The van der Waals surface area contributed by atoms with Crippen LogP contribution in [0.5, 0.6) is 0 Å². The number of alkyl halides is 1. The molecule has 1 aliphatic heterocycles. The van der Waals surface area contributed by atoms with E-state index in [-0.39, 0.29) is 6.10 Å². The maximum atomic E-state index is 12.6. The fourth-order valence-electron chi connectivity index (χ4n) is 2.59. The molecule has 1 aliphatic rings. The van der Waals surface area contributed by atoms with Crippen molar-refractivity contribution >= 4 is 21.6 Å². The molecule has 0 aliphatic carbocycles. The molecule has 0 N–H and O–H groups in total. The van der Waals surface area contributed by atoms with E-state index in [0.717, 1.165) is 31.6 Å². The van der Waals surface area contributed by atoms with Crippen LogP contribution in [-0.2, 0) is 27.2 Å². The van der Waals surface area contributed by atoms with E-state index in [0.29, 0.717) is 23.9 Å². The molecular weight excluding hydrogens is 312 g/mol. The summed E-state index contributed by atoms with van der Waals surface area (Å²) in [5.74, 6) is 0.304. The summed E-state index contributed by atoms with van der Waals surface area (Å²) in [5, 5.41) is 0. The lowest BCUT2D eigenvalue weighted by Crippen LogP contribution is -2.37. The van der Waals surface area contributed by atoms with Gasteiger partial charge in [-0.3, -0.25) is 0 Å². The summed E-state index contributed by atoms with van der Waals surface area (Å²) in [5.41, 5.74) is 0.819. The van der Waals surface area contributed by atoms with E-state index >= 15 is 0 Å². The highest BCUT2D eigenvalue weighted by Crippen LogP contribution is 2.21. The van der Waals surface area contributed by atoms with Crippen LogP contribution >= 0.6 is 11.6 Å². The lowest BCUT2D eigenvalue weighted by atomic mass is 10.1. The summed E-state index contributed by atoms with van der Waals surface area (Å²) in [6.07, 6.45) is 4.74. The zero-order valence-corrected chi connectivity index (χ0v) is 14.2. The summed E-state index contributed by atoms with van der Waals surface area (Å²) in [6.45, 7) is 3.79. The van der Waals surface area contributed by atoms with E-state index in [2.05, 4.69) is 0 Å². The summed E-state index contributed by atoms with van der Waals surface area (Å²) in [6, 6.07) is 1.66. The van der Waals surface area contributed by atoms with E-state index in [4.69, 9.17) is 16.3 Å². The fourth-order valence-corrected chi connectivity index (χ4v) is 4.09. The predicted molar refractivity (Wildman–Crippen MR) is 83.1 cm³/mol. The van der Waals surface area contributed by atoms with Crippen molar-refractivity contribution in [1.29, 1.82) is 0 Å². The maximum Gasteiger partial charge on any atom is 0.244 e. The molecule has 2 rings (SSSR count). The van der Waals surface area contributed by atoms with E-state index in [1.54, 1.807) is 19.3 Å². The third-order valence-electron chi connectivity index (χ3n) is 3.88. The number of hydrogen-bond acceptors (Lipinski definition) is 3. The van der Waals surface area contributed by atoms with Gasteiger partial charge >= 0.3 is 0 Å². The Hall–Kier alpha value is -0.560. The lowest BCUT2D eigenvalue weighted by Gasteiger charge is -2.26. The standard InChI is InChI=1S/C14H23ClN2O3S/c1-3-17-11-14(8-12(17)9-15)21(18,19)16(2)10-13-6-4-5-7-20-13/h8,11,13H,3-7,9-10H2,1-2H3. The van der Waals surface area contributed by atoms with Gasteiger partial charge in [-0.15, -0.1) is 11.6 Å². The Morgan fingerprint density at radius 3 is 2.76 bits per heavy atom. The molecule has 1 aromatic heterocycles. The molecule has 1 atom stereocenters. The van der Waals surface area contributed by atoms with Crippen LogP contribution in [0.3, 0.4) is 0 Å². The molecule has 7 heteroatoms.